The van der Waals surface area contributed by atoms with Crippen LogP contribution in [0.5, 0.6) is 0 Å². The number of rotatable bonds is 5. The molecule has 0 bridgehead atoms. The number of nitrogens with zero attached hydrogens (tertiary/aromatic N) is 1. The van der Waals surface area contributed by atoms with Crippen molar-refractivity contribution in [2.75, 3.05) is 23.7 Å². The topological polar surface area (TPSA) is 78.5 Å². The van der Waals surface area contributed by atoms with E-state index in [2.05, 4.69) is 10.6 Å². The Morgan fingerprint density at radius 2 is 1.88 bits per heavy atom. The predicted octanol–water partition coefficient (Wildman–Crippen LogP) is 1.69. The average Bonchev–Trinajstić information content (AvgIpc) is 2.63. The minimum Gasteiger partial charge on any atom is -0.352 e. The second-order valence-corrected chi connectivity index (χ2v) is 7.43. The van der Waals surface area contributed by atoms with Crippen LogP contribution in [0.15, 0.2) is 29.2 Å². The van der Waals surface area contributed by atoms with E-state index in [1.165, 1.54) is 23.1 Å². The van der Waals surface area contributed by atoms with Gasteiger partial charge in [0.25, 0.3) is 0 Å². The Kier molecular flexibility index (Phi) is 5.96. The van der Waals surface area contributed by atoms with Gasteiger partial charge in [0, 0.05) is 10.9 Å². The van der Waals surface area contributed by atoms with E-state index in [4.69, 9.17) is 0 Å². The second-order valence-electron chi connectivity index (χ2n) is 6.42. The van der Waals surface area contributed by atoms with E-state index in [0.717, 1.165) is 36.3 Å². The maximum absolute atomic E-state index is 12.2. The Labute approximate surface area is 151 Å². The van der Waals surface area contributed by atoms with Gasteiger partial charge in [0.05, 0.1) is 18.0 Å². The van der Waals surface area contributed by atoms with Crippen LogP contribution in [0.3, 0.4) is 0 Å². The van der Waals surface area contributed by atoms with E-state index in [0.29, 0.717) is 5.75 Å². The Morgan fingerprint density at radius 1 is 1.12 bits per heavy atom. The molecular weight excluding hydrogens is 338 g/mol. The molecule has 0 radical (unpaired) electrons. The minimum absolute atomic E-state index is 0.0479. The van der Waals surface area contributed by atoms with Crippen LogP contribution in [0.2, 0.25) is 0 Å². The first-order valence-corrected chi connectivity index (χ1v) is 9.70. The molecule has 25 heavy (non-hydrogen) atoms. The van der Waals surface area contributed by atoms with Gasteiger partial charge < -0.3 is 15.5 Å². The number of thioether (sulfide) groups is 1. The largest absolute Gasteiger partial charge is 0.352 e. The fraction of sp³-hybridized carbons (Fsp3) is 0.500. The summed E-state index contributed by atoms with van der Waals surface area (Å²) in [5.41, 5.74) is 0.755. The lowest BCUT2D eigenvalue weighted by molar-refractivity contribution is -0.126. The highest BCUT2D eigenvalue weighted by atomic mass is 32.2. The molecule has 2 aliphatic rings. The number of carbonyl (C=O) groups is 3. The van der Waals surface area contributed by atoms with Crippen molar-refractivity contribution < 1.29 is 14.4 Å². The molecule has 0 aromatic heterocycles. The van der Waals surface area contributed by atoms with Crippen molar-refractivity contribution in [1.29, 1.82) is 0 Å². The van der Waals surface area contributed by atoms with Crippen molar-refractivity contribution in [3.63, 3.8) is 0 Å². The molecule has 2 N–H and O–H groups in total. The van der Waals surface area contributed by atoms with Gasteiger partial charge in [-0.3, -0.25) is 14.4 Å². The molecule has 0 unspecified atom stereocenters. The molecular formula is C18H23N3O3S. The standard InChI is InChI=1S/C18H23N3O3S/c22-16(20-13-6-2-1-3-7-13)10-19-17(23)11-21-14-8-4-5-9-15(14)25-12-18(21)24/h4-5,8-9,13H,1-3,6-7,10-12H2,(H,19,23)(H,20,22). The van der Waals surface area contributed by atoms with E-state index in [1.54, 1.807) is 0 Å². The summed E-state index contributed by atoms with van der Waals surface area (Å²) in [4.78, 5) is 38.7. The summed E-state index contributed by atoms with van der Waals surface area (Å²) in [6, 6.07) is 7.76. The summed E-state index contributed by atoms with van der Waals surface area (Å²) >= 11 is 1.48. The lowest BCUT2D eigenvalue weighted by Gasteiger charge is -2.28. The number of carbonyl (C=O) groups excluding carboxylic acids is 3. The van der Waals surface area contributed by atoms with Crippen molar-refractivity contribution in [3.8, 4) is 0 Å². The van der Waals surface area contributed by atoms with E-state index in [-0.39, 0.29) is 36.9 Å². The zero-order chi connectivity index (χ0) is 17.6. The molecule has 0 spiro atoms. The summed E-state index contributed by atoms with van der Waals surface area (Å²) in [5, 5.41) is 5.58. The predicted molar refractivity (Wildman–Crippen MR) is 97.5 cm³/mol. The van der Waals surface area contributed by atoms with Gasteiger partial charge >= 0.3 is 0 Å². The van der Waals surface area contributed by atoms with Gasteiger partial charge in [0.2, 0.25) is 17.7 Å². The molecule has 134 valence electrons. The van der Waals surface area contributed by atoms with Gasteiger partial charge in [0.1, 0.15) is 6.54 Å². The molecule has 6 nitrogen and oxygen atoms in total. The number of para-hydroxylation sites is 1. The number of hydrogen-bond donors (Lipinski definition) is 2. The van der Waals surface area contributed by atoms with Gasteiger partial charge in [-0.1, -0.05) is 31.4 Å². The monoisotopic (exact) mass is 361 g/mol. The molecule has 1 aromatic carbocycles. The van der Waals surface area contributed by atoms with Crippen LogP contribution in [-0.4, -0.2) is 42.6 Å². The highest BCUT2D eigenvalue weighted by Gasteiger charge is 2.26. The molecule has 1 fully saturated rings. The molecule has 1 aromatic rings. The number of benzene rings is 1. The highest BCUT2D eigenvalue weighted by molar-refractivity contribution is 8.00. The lowest BCUT2D eigenvalue weighted by Crippen LogP contribution is -2.47. The molecule has 3 rings (SSSR count). The number of nitrogens with one attached hydrogen (secondary N) is 2. The van der Waals surface area contributed by atoms with Gasteiger partial charge in [-0.2, -0.15) is 0 Å². The number of amides is 3. The van der Waals surface area contributed by atoms with Gasteiger partial charge in [-0.25, -0.2) is 0 Å². The van der Waals surface area contributed by atoms with Crippen molar-refractivity contribution >= 4 is 35.2 Å². The molecule has 0 saturated heterocycles. The number of anilines is 1. The Balaban J connectivity index is 1.49. The summed E-state index contributed by atoms with van der Waals surface area (Å²) in [7, 11) is 0. The van der Waals surface area contributed by atoms with E-state index < -0.39 is 0 Å². The van der Waals surface area contributed by atoms with Crippen LogP contribution < -0.4 is 15.5 Å². The molecule has 7 heteroatoms. The van der Waals surface area contributed by atoms with Crippen molar-refractivity contribution in [2.24, 2.45) is 0 Å². The third-order valence-electron chi connectivity index (χ3n) is 4.53. The second kappa shape index (κ2) is 8.38. The molecule has 3 amide bonds. The molecule has 1 heterocycles. The fourth-order valence-corrected chi connectivity index (χ4v) is 4.17. The molecule has 0 atom stereocenters. The van der Waals surface area contributed by atoms with Crippen LogP contribution in [-0.2, 0) is 14.4 Å². The zero-order valence-electron chi connectivity index (χ0n) is 14.1. The van der Waals surface area contributed by atoms with E-state index >= 15 is 0 Å². The molecule has 1 aliphatic carbocycles. The first kappa shape index (κ1) is 17.8. The third kappa shape index (κ3) is 4.75. The zero-order valence-corrected chi connectivity index (χ0v) is 14.9. The average molecular weight is 361 g/mol. The quantitative estimate of drug-likeness (QED) is 0.837. The molecule has 1 aliphatic heterocycles. The molecule has 1 saturated carbocycles. The normalized spacial score (nSPS) is 17.8. The number of hydrogen-bond acceptors (Lipinski definition) is 4. The summed E-state index contributed by atoms with van der Waals surface area (Å²) in [6.07, 6.45) is 5.54. The van der Waals surface area contributed by atoms with Crippen LogP contribution in [0.4, 0.5) is 5.69 Å². The van der Waals surface area contributed by atoms with Gasteiger partial charge in [-0.05, 0) is 25.0 Å². The van der Waals surface area contributed by atoms with Crippen LogP contribution in [0, 0.1) is 0 Å². The van der Waals surface area contributed by atoms with Crippen LogP contribution >= 0.6 is 11.8 Å². The fourth-order valence-electron chi connectivity index (χ4n) is 3.23. The van der Waals surface area contributed by atoms with Crippen molar-refractivity contribution in [1.82, 2.24) is 10.6 Å². The van der Waals surface area contributed by atoms with Crippen molar-refractivity contribution in [2.45, 2.75) is 43.0 Å². The summed E-state index contributed by atoms with van der Waals surface area (Å²) in [6.45, 7) is -0.110. The summed E-state index contributed by atoms with van der Waals surface area (Å²) in [5.74, 6) is -0.257. The van der Waals surface area contributed by atoms with E-state index in [1.807, 2.05) is 24.3 Å². The maximum Gasteiger partial charge on any atom is 0.240 e. The number of fused-ring (bicyclic) bond motifs is 1. The first-order chi connectivity index (χ1) is 12.1. The van der Waals surface area contributed by atoms with Crippen LogP contribution in [0.25, 0.3) is 0 Å². The summed E-state index contributed by atoms with van der Waals surface area (Å²) < 4.78 is 0. The maximum atomic E-state index is 12.2. The first-order valence-electron chi connectivity index (χ1n) is 8.72. The van der Waals surface area contributed by atoms with Crippen LogP contribution in [0.1, 0.15) is 32.1 Å². The third-order valence-corrected chi connectivity index (χ3v) is 5.57. The Bertz CT molecular complexity index is 659. The van der Waals surface area contributed by atoms with Gasteiger partial charge in [0.15, 0.2) is 0 Å². The SMILES string of the molecule is O=C(CN1C(=O)CSc2ccccc21)NCC(=O)NC1CCCCC1. The van der Waals surface area contributed by atoms with Gasteiger partial charge in [-0.15, -0.1) is 11.8 Å². The Hall–Kier alpha value is -2.02. The Morgan fingerprint density at radius 3 is 2.68 bits per heavy atom. The minimum atomic E-state index is -0.325. The van der Waals surface area contributed by atoms with Crippen molar-refractivity contribution in [3.05, 3.63) is 24.3 Å². The van der Waals surface area contributed by atoms with E-state index in [9.17, 15) is 14.4 Å². The highest BCUT2D eigenvalue weighted by Crippen LogP contribution is 2.34. The lowest BCUT2D eigenvalue weighted by atomic mass is 9.95. The smallest absolute Gasteiger partial charge is 0.240 e.